The Morgan fingerprint density at radius 2 is 1.94 bits per heavy atom. The van der Waals surface area contributed by atoms with Crippen LogP contribution in [-0.2, 0) is 11.3 Å². The highest BCUT2D eigenvalue weighted by Gasteiger charge is 2.22. The predicted molar refractivity (Wildman–Crippen MR) is 107 cm³/mol. The molecule has 32 heavy (non-hydrogen) atoms. The first-order chi connectivity index (χ1) is 15.3. The van der Waals surface area contributed by atoms with E-state index in [1.807, 2.05) is 0 Å². The molecule has 3 aromatic heterocycles. The van der Waals surface area contributed by atoms with E-state index in [9.17, 15) is 22.4 Å². The number of carbonyl (C=O) groups excluding carboxylic acids is 1. The molecular weight excluding hydrogens is 432 g/mol. The number of benzene rings is 1. The number of pyridine rings is 1. The van der Waals surface area contributed by atoms with E-state index in [0.29, 0.717) is 17.1 Å². The van der Waals surface area contributed by atoms with E-state index in [-0.39, 0.29) is 34.6 Å². The number of rotatable bonds is 7. The summed E-state index contributed by atoms with van der Waals surface area (Å²) in [5.41, 5.74) is 0.675. The van der Waals surface area contributed by atoms with E-state index >= 15 is 0 Å². The highest BCUT2D eigenvalue weighted by atomic mass is 19.3. The smallest absolute Gasteiger partial charge is 0.387 e. The lowest BCUT2D eigenvalue weighted by Gasteiger charge is -2.09. The third kappa shape index (κ3) is 4.41. The number of amides is 1. The van der Waals surface area contributed by atoms with E-state index in [4.69, 9.17) is 4.42 Å². The summed E-state index contributed by atoms with van der Waals surface area (Å²) in [7, 11) is 0. The molecule has 4 aromatic rings. The van der Waals surface area contributed by atoms with Gasteiger partial charge in [0, 0.05) is 11.3 Å². The van der Waals surface area contributed by atoms with Crippen molar-refractivity contribution in [2.24, 2.45) is 0 Å². The van der Waals surface area contributed by atoms with Gasteiger partial charge in [0.1, 0.15) is 18.0 Å². The molecule has 0 saturated heterocycles. The van der Waals surface area contributed by atoms with Crippen molar-refractivity contribution in [1.29, 1.82) is 0 Å². The number of anilines is 1. The fraction of sp³-hybridized carbons (Fsp3) is 0.190. The monoisotopic (exact) mass is 448 g/mol. The SMILES string of the molecule is Cc1nn(CC(=O)Nc2ccc(OC(F)F)cc2)c2nc(-c3ccco3)cc(C(F)F)c12. The number of carbonyl (C=O) groups is 1. The molecule has 4 rings (SSSR count). The van der Waals surface area contributed by atoms with Gasteiger partial charge in [0.2, 0.25) is 5.91 Å². The van der Waals surface area contributed by atoms with Gasteiger partial charge in [-0.2, -0.15) is 13.9 Å². The van der Waals surface area contributed by atoms with E-state index in [1.165, 1.54) is 41.3 Å². The molecule has 0 aliphatic heterocycles. The van der Waals surface area contributed by atoms with Crippen LogP contribution in [0.15, 0.2) is 53.1 Å². The van der Waals surface area contributed by atoms with Crippen molar-refractivity contribution in [3.8, 4) is 17.2 Å². The Balaban J connectivity index is 1.62. The Hall–Kier alpha value is -3.89. The quantitative estimate of drug-likeness (QED) is 0.394. The van der Waals surface area contributed by atoms with Crippen molar-refractivity contribution >= 4 is 22.6 Å². The number of furan rings is 1. The van der Waals surface area contributed by atoms with E-state index < -0.39 is 18.9 Å². The van der Waals surface area contributed by atoms with Gasteiger partial charge >= 0.3 is 6.61 Å². The van der Waals surface area contributed by atoms with Crippen LogP contribution in [0.2, 0.25) is 0 Å². The van der Waals surface area contributed by atoms with Crippen LogP contribution in [0, 0.1) is 6.92 Å². The van der Waals surface area contributed by atoms with Gasteiger partial charge in [0.05, 0.1) is 17.3 Å². The summed E-state index contributed by atoms with van der Waals surface area (Å²) in [5, 5.41) is 6.96. The summed E-state index contributed by atoms with van der Waals surface area (Å²) in [6, 6.07) is 9.78. The zero-order chi connectivity index (χ0) is 22.8. The van der Waals surface area contributed by atoms with Gasteiger partial charge in [-0.3, -0.25) is 4.79 Å². The number of halogens is 4. The number of aromatic nitrogens is 3. The number of fused-ring (bicyclic) bond motifs is 1. The number of alkyl halides is 4. The zero-order valence-electron chi connectivity index (χ0n) is 16.6. The van der Waals surface area contributed by atoms with Gasteiger partial charge in [-0.1, -0.05) is 0 Å². The Labute approximate surface area is 178 Å². The molecule has 1 amide bonds. The van der Waals surface area contributed by atoms with Crippen LogP contribution >= 0.6 is 0 Å². The van der Waals surface area contributed by atoms with Crippen LogP contribution in [0.1, 0.15) is 17.7 Å². The van der Waals surface area contributed by atoms with Crippen molar-refractivity contribution in [3.63, 3.8) is 0 Å². The Kier molecular flexibility index (Phi) is 5.80. The summed E-state index contributed by atoms with van der Waals surface area (Å²) in [4.78, 5) is 16.9. The molecule has 0 saturated carbocycles. The molecule has 0 bridgehead atoms. The molecule has 0 spiro atoms. The molecule has 0 fully saturated rings. The lowest BCUT2D eigenvalue weighted by atomic mass is 10.1. The van der Waals surface area contributed by atoms with Crippen LogP contribution in [0.3, 0.4) is 0 Å². The molecular formula is C21H16F4N4O3. The largest absolute Gasteiger partial charge is 0.463 e. The maximum Gasteiger partial charge on any atom is 0.387 e. The van der Waals surface area contributed by atoms with Crippen molar-refractivity contribution < 1.29 is 31.5 Å². The van der Waals surface area contributed by atoms with Crippen LogP contribution in [0.5, 0.6) is 5.75 Å². The Bertz CT molecular complexity index is 1240. The third-order valence-electron chi connectivity index (χ3n) is 4.57. The normalized spacial score (nSPS) is 11.5. The lowest BCUT2D eigenvalue weighted by Crippen LogP contribution is -2.20. The van der Waals surface area contributed by atoms with Crippen LogP contribution < -0.4 is 10.1 Å². The van der Waals surface area contributed by atoms with Crippen LogP contribution in [0.4, 0.5) is 23.2 Å². The molecule has 0 aliphatic carbocycles. The minimum absolute atomic E-state index is 0.0547. The van der Waals surface area contributed by atoms with Gasteiger partial charge in [0.15, 0.2) is 11.4 Å². The maximum atomic E-state index is 13.7. The number of aryl methyl sites for hydroxylation is 1. The Morgan fingerprint density at radius 1 is 1.19 bits per heavy atom. The Morgan fingerprint density at radius 3 is 2.56 bits per heavy atom. The molecule has 0 radical (unpaired) electrons. The average Bonchev–Trinajstić information content (AvgIpc) is 3.37. The maximum absolute atomic E-state index is 13.7. The predicted octanol–water partition coefficient (Wildman–Crippen LogP) is 5.18. The van der Waals surface area contributed by atoms with E-state index in [0.717, 1.165) is 0 Å². The van der Waals surface area contributed by atoms with Gasteiger partial charge in [-0.05, 0) is 49.4 Å². The summed E-state index contributed by atoms with van der Waals surface area (Å²) < 4.78 is 62.7. The summed E-state index contributed by atoms with van der Waals surface area (Å²) >= 11 is 0. The standard InChI is InChI=1S/C21H16F4N4O3/c1-11-18-14(19(22)23)9-15(16-3-2-8-31-16)27-20(18)29(28-11)10-17(30)26-12-4-6-13(7-5-12)32-21(24)25/h2-9,19,21H,10H2,1H3,(H,26,30). The van der Waals surface area contributed by atoms with Gasteiger partial charge in [0.25, 0.3) is 6.43 Å². The molecule has 7 nitrogen and oxygen atoms in total. The first-order valence-electron chi connectivity index (χ1n) is 9.36. The summed E-state index contributed by atoms with van der Waals surface area (Å²) in [5.74, 6) is -0.267. The summed E-state index contributed by atoms with van der Waals surface area (Å²) in [6.45, 7) is -1.71. The van der Waals surface area contributed by atoms with E-state index in [2.05, 4.69) is 20.1 Å². The van der Waals surface area contributed by atoms with Crippen LogP contribution in [-0.4, -0.2) is 27.3 Å². The van der Waals surface area contributed by atoms with E-state index in [1.54, 1.807) is 19.1 Å². The van der Waals surface area contributed by atoms with Gasteiger partial charge in [-0.15, -0.1) is 0 Å². The van der Waals surface area contributed by atoms with Gasteiger partial charge in [-0.25, -0.2) is 18.4 Å². The molecule has 166 valence electrons. The van der Waals surface area contributed by atoms with Gasteiger partial charge < -0.3 is 14.5 Å². The lowest BCUT2D eigenvalue weighted by molar-refractivity contribution is -0.116. The minimum atomic E-state index is -2.96. The van der Waals surface area contributed by atoms with Crippen LogP contribution in [0.25, 0.3) is 22.5 Å². The second-order valence-corrected chi connectivity index (χ2v) is 6.77. The summed E-state index contributed by atoms with van der Waals surface area (Å²) in [6.07, 6.45) is -1.38. The topological polar surface area (TPSA) is 82.2 Å². The zero-order valence-corrected chi connectivity index (χ0v) is 16.6. The number of nitrogens with zero attached hydrogens (tertiary/aromatic N) is 3. The molecule has 0 atom stereocenters. The fourth-order valence-electron chi connectivity index (χ4n) is 3.28. The first kappa shape index (κ1) is 21.3. The number of hydrogen-bond donors (Lipinski definition) is 1. The second kappa shape index (κ2) is 8.69. The number of ether oxygens (including phenoxy) is 1. The average molecular weight is 448 g/mol. The van der Waals surface area contributed by atoms with Crippen molar-refractivity contribution in [3.05, 3.63) is 60.0 Å². The highest BCUT2D eigenvalue weighted by Crippen LogP contribution is 2.33. The molecule has 11 heteroatoms. The van der Waals surface area contributed by atoms with Crippen molar-refractivity contribution in [2.75, 3.05) is 5.32 Å². The number of nitrogens with one attached hydrogen (secondary N) is 1. The first-order valence-corrected chi connectivity index (χ1v) is 9.36. The molecule has 0 unspecified atom stereocenters. The molecule has 1 aromatic carbocycles. The molecule has 1 N–H and O–H groups in total. The second-order valence-electron chi connectivity index (χ2n) is 6.77. The third-order valence-corrected chi connectivity index (χ3v) is 4.57. The van der Waals surface area contributed by atoms with Crippen molar-refractivity contribution in [2.45, 2.75) is 26.5 Å². The molecule has 3 heterocycles. The highest BCUT2D eigenvalue weighted by molar-refractivity contribution is 5.92. The minimum Gasteiger partial charge on any atom is -0.463 e. The molecule has 0 aliphatic rings. The van der Waals surface area contributed by atoms with Crippen molar-refractivity contribution in [1.82, 2.24) is 14.8 Å². The fourth-order valence-corrected chi connectivity index (χ4v) is 3.28. The number of hydrogen-bond acceptors (Lipinski definition) is 5.